The molecule has 5 rings (SSSR count). The lowest BCUT2D eigenvalue weighted by atomic mass is 9.87. The molecular weight excluding hydrogens is 422 g/mol. The van der Waals surface area contributed by atoms with Gasteiger partial charge in [-0.15, -0.1) is 0 Å². The van der Waals surface area contributed by atoms with Crippen LogP contribution in [0.5, 0.6) is 5.75 Å². The molecule has 0 aliphatic carbocycles. The number of hydrogen-bond acceptors (Lipinski definition) is 3. The topological polar surface area (TPSA) is 47.4 Å². The van der Waals surface area contributed by atoms with Gasteiger partial charge in [0.05, 0.1) is 18.1 Å². The summed E-state index contributed by atoms with van der Waals surface area (Å²) >= 11 is 0. The van der Waals surface area contributed by atoms with Crippen molar-refractivity contribution in [3.8, 4) is 5.75 Å². The van der Waals surface area contributed by atoms with Gasteiger partial charge >= 0.3 is 0 Å². The number of carbonyl (C=O) groups excluding carboxylic acids is 1. The Morgan fingerprint density at radius 3 is 2.50 bits per heavy atom. The van der Waals surface area contributed by atoms with Gasteiger partial charge < -0.3 is 14.2 Å². The van der Waals surface area contributed by atoms with Gasteiger partial charge in [-0.1, -0.05) is 63.2 Å². The SMILES string of the molecule is COc1cccc(N2CC(c3nc4ccccc4n3Cc3ccc(C(C)(C)C)cc3)CC2=O)c1. The third kappa shape index (κ3) is 4.18. The molecule has 4 aromatic rings. The normalized spacial score (nSPS) is 16.4. The summed E-state index contributed by atoms with van der Waals surface area (Å²) in [7, 11) is 1.64. The van der Waals surface area contributed by atoms with Gasteiger partial charge in [-0.05, 0) is 40.8 Å². The lowest BCUT2D eigenvalue weighted by molar-refractivity contribution is -0.117. The smallest absolute Gasteiger partial charge is 0.227 e. The Bertz CT molecular complexity index is 1330. The first kappa shape index (κ1) is 22.2. The van der Waals surface area contributed by atoms with Crippen LogP contribution < -0.4 is 9.64 Å². The fourth-order valence-electron chi connectivity index (χ4n) is 4.77. The van der Waals surface area contributed by atoms with Crippen molar-refractivity contribution < 1.29 is 9.53 Å². The lowest BCUT2D eigenvalue weighted by Crippen LogP contribution is -2.24. The van der Waals surface area contributed by atoms with Gasteiger partial charge in [-0.2, -0.15) is 0 Å². The van der Waals surface area contributed by atoms with Crippen LogP contribution >= 0.6 is 0 Å². The third-order valence-electron chi connectivity index (χ3n) is 6.70. The number of carbonyl (C=O) groups is 1. The van der Waals surface area contributed by atoms with Crippen LogP contribution in [0.25, 0.3) is 11.0 Å². The van der Waals surface area contributed by atoms with Crippen molar-refractivity contribution in [3.05, 3.63) is 89.7 Å². The Balaban J connectivity index is 1.48. The summed E-state index contributed by atoms with van der Waals surface area (Å²) in [5, 5.41) is 0. The summed E-state index contributed by atoms with van der Waals surface area (Å²) in [4.78, 5) is 19.9. The minimum absolute atomic E-state index is 0.0277. The molecule has 0 N–H and O–H groups in total. The molecular formula is C29H31N3O2. The van der Waals surface area contributed by atoms with Crippen molar-refractivity contribution in [1.29, 1.82) is 0 Å². The van der Waals surface area contributed by atoms with Crippen LogP contribution in [-0.4, -0.2) is 29.1 Å². The van der Waals surface area contributed by atoms with E-state index in [0.29, 0.717) is 13.0 Å². The van der Waals surface area contributed by atoms with E-state index in [9.17, 15) is 4.79 Å². The fourth-order valence-corrected chi connectivity index (χ4v) is 4.77. The van der Waals surface area contributed by atoms with E-state index in [2.05, 4.69) is 67.8 Å². The number of ether oxygens (including phenoxy) is 1. The molecule has 0 saturated carbocycles. The maximum atomic E-state index is 13.0. The molecule has 1 atom stereocenters. The minimum atomic E-state index is 0.0277. The number of amides is 1. The zero-order valence-electron chi connectivity index (χ0n) is 20.3. The average Bonchev–Trinajstić information content (AvgIpc) is 3.39. The van der Waals surface area contributed by atoms with Gasteiger partial charge in [0.2, 0.25) is 5.91 Å². The molecule has 1 aliphatic heterocycles. The molecule has 1 aliphatic rings. The number of hydrogen-bond donors (Lipinski definition) is 0. The summed E-state index contributed by atoms with van der Waals surface area (Å²) in [5.74, 6) is 1.87. The quantitative estimate of drug-likeness (QED) is 0.377. The number of nitrogens with zero attached hydrogens (tertiary/aromatic N) is 3. The number of anilines is 1. The molecule has 1 aromatic heterocycles. The number of methoxy groups -OCH3 is 1. The zero-order chi connectivity index (χ0) is 23.9. The fraction of sp³-hybridized carbons (Fsp3) is 0.310. The van der Waals surface area contributed by atoms with Crippen molar-refractivity contribution in [1.82, 2.24) is 9.55 Å². The maximum Gasteiger partial charge on any atom is 0.227 e. The summed E-state index contributed by atoms with van der Waals surface area (Å²) < 4.78 is 7.65. The molecule has 34 heavy (non-hydrogen) atoms. The van der Waals surface area contributed by atoms with Crippen molar-refractivity contribution in [2.45, 2.75) is 45.1 Å². The van der Waals surface area contributed by atoms with Gasteiger partial charge in [0.25, 0.3) is 0 Å². The first-order chi connectivity index (χ1) is 16.3. The Morgan fingerprint density at radius 2 is 1.76 bits per heavy atom. The van der Waals surface area contributed by atoms with E-state index in [1.807, 2.05) is 35.2 Å². The van der Waals surface area contributed by atoms with Crippen LogP contribution in [0.3, 0.4) is 0 Å². The Hall–Kier alpha value is -3.60. The Kier molecular flexibility index (Phi) is 5.64. The van der Waals surface area contributed by atoms with E-state index >= 15 is 0 Å². The second kappa shape index (κ2) is 8.64. The summed E-state index contributed by atoms with van der Waals surface area (Å²) in [6, 6.07) is 24.8. The predicted molar refractivity (Wildman–Crippen MR) is 137 cm³/mol. The monoisotopic (exact) mass is 453 g/mol. The van der Waals surface area contributed by atoms with Crippen LogP contribution in [0.1, 0.15) is 50.1 Å². The zero-order valence-corrected chi connectivity index (χ0v) is 20.3. The Labute approximate surface area is 201 Å². The average molecular weight is 454 g/mol. The number of imidazole rings is 1. The van der Waals surface area contributed by atoms with E-state index in [4.69, 9.17) is 9.72 Å². The predicted octanol–water partition coefficient (Wildman–Crippen LogP) is 5.91. The van der Waals surface area contributed by atoms with Crippen molar-refractivity contribution >= 4 is 22.6 Å². The molecule has 174 valence electrons. The molecule has 1 saturated heterocycles. The highest BCUT2D eigenvalue weighted by atomic mass is 16.5. The van der Waals surface area contributed by atoms with Gasteiger partial charge in [0.1, 0.15) is 11.6 Å². The highest BCUT2D eigenvalue weighted by Gasteiger charge is 2.35. The number of aromatic nitrogens is 2. The summed E-state index contributed by atoms with van der Waals surface area (Å²) in [6.07, 6.45) is 0.448. The van der Waals surface area contributed by atoms with Crippen LogP contribution in [0.15, 0.2) is 72.8 Å². The van der Waals surface area contributed by atoms with Gasteiger partial charge in [-0.25, -0.2) is 4.98 Å². The van der Waals surface area contributed by atoms with E-state index in [1.54, 1.807) is 7.11 Å². The number of rotatable bonds is 5. The van der Waals surface area contributed by atoms with Gasteiger partial charge in [0, 0.05) is 37.2 Å². The Morgan fingerprint density at radius 1 is 1.00 bits per heavy atom. The minimum Gasteiger partial charge on any atom is -0.497 e. The lowest BCUT2D eigenvalue weighted by Gasteiger charge is -2.20. The molecule has 0 radical (unpaired) electrons. The van der Waals surface area contributed by atoms with Crippen LogP contribution in [0, 0.1) is 0 Å². The van der Waals surface area contributed by atoms with Gasteiger partial charge in [-0.3, -0.25) is 4.79 Å². The molecule has 0 spiro atoms. The van der Waals surface area contributed by atoms with Crippen molar-refractivity contribution in [3.63, 3.8) is 0 Å². The molecule has 3 aromatic carbocycles. The molecule has 5 heteroatoms. The molecule has 1 amide bonds. The summed E-state index contributed by atoms with van der Waals surface area (Å²) in [6.45, 7) is 8.03. The first-order valence-electron chi connectivity index (χ1n) is 11.8. The third-order valence-corrected chi connectivity index (χ3v) is 6.70. The van der Waals surface area contributed by atoms with E-state index in [-0.39, 0.29) is 17.2 Å². The van der Waals surface area contributed by atoms with Crippen LogP contribution in [-0.2, 0) is 16.8 Å². The molecule has 2 heterocycles. The van der Waals surface area contributed by atoms with Crippen LogP contribution in [0.2, 0.25) is 0 Å². The highest BCUT2D eigenvalue weighted by Crippen LogP contribution is 2.34. The number of para-hydroxylation sites is 2. The summed E-state index contributed by atoms with van der Waals surface area (Å²) in [5.41, 5.74) is 5.61. The standard InChI is InChI=1S/C29H31N3O2/c1-29(2,3)22-14-12-20(13-15-22)18-32-26-11-6-5-10-25(26)30-28(32)21-16-27(33)31(19-21)23-8-7-9-24(17-23)34-4/h5-15,17,21H,16,18-19H2,1-4H3. The second-order valence-electron chi connectivity index (χ2n) is 10.1. The van der Waals surface area contributed by atoms with E-state index in [0.717, 1.165) is 34.8 Å². The van der Waals surface area contributed by atoms with E-state index in [1.165, 1.54) is 11.1 Å². The molecule has 0 bridgehead atoms. The number of fused-ring (bicyclic) bond motifs is 1. The van der Waals surface area contributed by atoms with Crippen molar-refractivity contribution in [2.75, 3.05) is 18.6 Å². The second-order valence-corrected chi connectivity index (χ2v) is 10.1. The molecule has 1 fully saturated rings. The highest BCUT2D eigenvalue weighted by molar-refractivity contribution is 5.96. The van der Waals surface area contributed by atoms with Crippen molar-refractivity contribution in [2.24, 2.45) is 0 Å². The maximum absolute atomic E-state index is 13.0. The van der Waals surface area contributed by atoms with E-state index < -0.39 is 0 Å². The number of benzene rings is 3. The largest absolute Gasteiger partial charge is 0.497 e. The van der Waals surface area contributed by atoms with Gasteiger partial charge in [0.15, 0.2) is 0 Å². The molecule has 5 nitrogen and oxygen atoms in total. The van der Waals surface area contributed by atoms with Crippen LogP contribution in [0.4, 0.5) is 5.69 Å². The first-order valence-corrected chi connectivity index (χ1v) is 11.8. The molecule has 1 unspecified atom stereocenters.